The topological polar surface area (TPSA) is 44.1 Å². The van der Waals surface area contributed by atoms with Gasteiger partial charge in [0.05, 0.1) is 24.8 Å². The molecule has 20 heavy (non-hydrogen) atoms. The molecule has 0 radical (unpaired) electrons. The number of carbonyl (C=O) groups excluding carboxylic acids is 1. The molecule has 0 unspecified atom stereocenters. The zero-order valence-corrected chi connectivity index (χ0v) is 10.7. The van der Waals surface area contributed by atoms with Crippen molar-refractivity contribution in [2.45, 2.75) is 12.5 Å². The second kappa shape index (κ2) is 4.75. The van der Waals surface area contributed by atoms with Crippen molar-refractivity contribution in [1.82, 2.24) is 9.55 Å². The Morgan fingerprint density at radius 1 is 1.50 bits per heavy atom. The maximum Gasteiger partial charge on any atom is 0.300 e. The smallest absolute Gasteiger partial charge is 0.300 e. The van der Waals surface area contributed by atoms with Gasteiger partial charge in [-0.2, -0.15) is 0 Å². The maximum absolute atomic E-state index is 13.5. The lowest BCUT2D eigenvalue weighted by Crippen LogP contribution is -2.30. The van der Waals surface area contributed by atoms with Crippen LogP contribution in [0.25, 0.3) is 11.0 Å². The number of hydrogen-bond donors (Lipinski definition) is 0. The number of alkyl halides is 2. The highest BCUT2D eigenvalue weighted by Gasteiger charge is 2.29. The molecule has 0 aromatic carbocycles. The summed E-state index contributed by atoms with van der Waals surface area (Å²) in [6, 6.07) is 0.835. The molecule has 3 rings (SSSR count). The molecular formula is C12H8ClF3N2O2. The van der Waals surface area contributed by atoms with Gasteiger partial charge in [-0.3, -0.25) is 4.79 Å². The average Bonchev–Trinajstić information content (AvgIpc) is 2.66. The van der Waals surface area contributed by atoms with E-state index in [1.165, 1.54) is 10.8 Å². The standard InChI is InChI=1S/C12H8ClF3N2O2/c13-10-8(14)1-6-7(9(19)11(15)16)2-18(12(6)17-10)5-3-20-4-5/h1-2,5,11H,3-4H2. The SMILES string of the molecule is O=C(c1cn(C2COC2)c2nc(Cl)c(F)cc12)C(F)F. The highest BCUT2D eigenvalue weighted by molar-refractivity contribution is 6.30. The lowest BCUT2D eigenvalue weighted by atomic mass is 10.1. The van der Waals surface area contributed by atoms with Crippen LogP contribution in [0.1, 0.15) is 16.4 Å². The number of rotatable bonds is 3. The minimum Gasteiger partial charge on any atom is -0.377 e. The number of fused-ring (bicyclic) bond motifs is 1. The minimum absolute atomic E-state index is 0.0316. The molecule has 4 nitrogen and oxygen atoms in total. The van der Waals surface area contributed by atoms with E-state index in [0.717, 1.165) is 6.07 Å². The quantitative estimate of drug-likeness (QED) is 0.647. The van der Waals surface area contributed by atoms with Crippen molar-refractivity contribution in [3.8, 4) is 0 Å². The van der Waals surface area contributed by atoms with Crippen LogP contribution in [-0.4, -0.2) is 35.0 Å². The molecule has 1 aliphatic rings. The summed E-state index contributed by atoms with van der Waals surface area (Å²) in [6.07, 6.45) is -1.90. The van der Waals surface area contributed by atoms with Gasteiger partial charge >= 0.3 is 6.43 Å². The first-order valence-electron chi connectivity index (χ1n) is 5.75. The van der Waals surface area contributed by atoms with Crippen molar-refractivity contribution in [3.63, 3.8) is 0 Å². The number of halogens is 4. The van der Waals surface area contributed by atoms with Crippen LogP contribution in [0.4, 0.5) is 13.2 Å². The molecule has 3 heterocycles. The number of hydrogen-bond acceptors (Lipinski definition) is 3. The van der Waals surface area contributed by atoms with E-state index in [2.05, 4.69) is 4.98 Å². The number of ketones is 1. The number of Topliss-reactive ketones (excluding diaryl/α,β-unsaturated/α-hetero) is 1. The van der Waals surface area contributed by atoms with Crippen LogP contribution in [-0.2, 0) is 4.74 Å². The molecule has 0 amide bonds. The van der Waals surface area contributed by atoms with Gasteiger partial charge in [0.15, 0.2) is 11.0 Å². The van der Waals surface area contributed by atoms with Crippen molar-refractivity contribution < 1.29 is 22.7 Å². The molecule has 0 N–H and O–H groups in total. The van der Waals surface area contributed by atoms with Crippen molar-refractivity contribution in [1.29, 1.82) is 0 Å². The number of carbonyl (C=O) groups is 1. The number of pyridine rings is 1. The van der Waals surface area contributed by atoms with E-state index in [1.807, 2.05) is 0 Å². The van der Waals surface area contributed by atoms with Crippen molar-refractivity contribution in [2.24, 2.45) is 0 Å². The summed E-state index contributed by atoms with van der Waals surface area (Å²) in [5.41, 5.74) is -0.0568. The summed E-state index contributed by atoms with van der Waals surface area (Å²) >= 11 is 5.61. The van der Waals surface area contributed by atoms with Crippen LogP contribution >= 0.6 is 11.6 Å². The summed E-state index contributed by atoms with van der Waals surface area (Å²) in [6.45, 7) is 0.755. The fourth-order valence-corrected chi connectivity index (χ4v) is 2.23. The van der Waals surface area contributed by atoms with Crippen LogP contribution in [0.3, 0.4) is 0 Å². The van der Waals surface area contributed by atoms with Crippen molar-refractivity contribution >= 4 is 28.4 Å². The molecular weight excluding hydrogens is 297 g/mol. The minimum atomic E-state index is -3.16. The first kappa shape index (κ1) is 13.4. The van der Waals surface area contributed by atoms with Crippen LogP contribution in [0.2, 0.25) is 5.15 Å². The van der Waals surface area contributed by atoms with Crippen LogP contribution in [0.5, 0.6) is 0 Å². The van der Waals surface area contributed by atoms with E-state index < -0.39 is 18.0 Å². The van der Waals surface area contributed by atoms with E-state index >= 15 is 0 Å². The van der Waals surface area contributed by atoms with E-state index in [0.29, 0.717) is 13.2 Å². The van der Waals surface area contributed by atoms with E-state index in [1.54, 1.807) is 0 Å². The summed E-state index contributed by atoms with van der Waals surface area (Å²) in [5, 5.41) is -0.336. The first-order chi connectivity index (χ1) is 9.49. The zero-order chi connectivity index (χ0) is 14.4. The average molecular weight is 305 g/mol. The van der Waals surface area contributed by atoms with Crippen LogP contribution in [0.15, 0.2) is 12.3 Å². The van der Waals surface area contributed by atoms with Crippen LogP contribution < -0.4 is 0 Å². The molecule has 0 spiro atoms. The summed E-state index contributed by atoms with van der Waals surface area (Å²) < 4.78 is 45.2. The molecule has 0 bridgehead atoms. The van der Waals surface area contributed by atoms with Gasteiger partial charge < -0.3 is 9.30 Å². The van der Waals surface area contributed by atoms with Crippen molar-refractivity contribution in [3.05, 3.63) is 28.8 Å². The molecule has 0 saturated carbocycles. The number of aromatic nitrogens is 2. The Kier molecular flexibility index (Phi) is 3.18. The molecule has 0 atom stereocenters. The summed E-state index contributed by atoms with van der Waals surface area (Å²) in [5.74, 6) is -2.22. The fourth-order valence-electron chi connectivity index (χ4n) is 2.10. The molecule has 8 heteroatoms. The molecule has 1 fully saturated rings. The van der Waals surface area contributed by atoms with Gasteiger partial charge in [0.1, 0.15) is 5.65 Å². The lowest BCUT2D eigenvalue weighted by Gasteiger charge is -2.27. The van der Waals surface area contributed by atoms with Gasteiger partial charge in [0.25, 0.3) is 0 Å². The van der Waals surface area contributed by atoms with Gasteiger partial charge in [0, 0.05) is 11.6 Å². The third-order valence-corrected chi connectivity index (χ3v) is 3.46. The van der Waals surface area contributed by atoms with Crippen molar-refractivity contribution in [2.75, 3.05) is 13.2 Å². The fraction of sp³-hybridized carbons (Fsp3) is 0.333. The van der Waals surface area contributed by atoms with Gasteiger partial charge in [-0.1, -0.05) is 11.6 Å². The maximum atomic E-state index is 13.5. The summed E-state index contributed by atoms with van der Waals surface area (Å²) in [7, 11) is 0. The molecule has 2 aromatic rings. The number of ether oxygens (including phenoxy) is 1. The van der Waals surface area contributed by atoms with Gasteiger partial charge in [0.2, 0.25) is 5.78 Å². The molecule has 1 saturated heterocycles. The molecule has 106 valence electrons. The van der Waals surface area contributed by atoms with Gasteiger partial charge in [-0.25, -0.2) is 18.2 Å². The molecule has 0 aliphatic carbocycles. The predicted octanol–water partition coefficient (Wildman–Crippen LogP) is 2.85. The van der Waals surface area contributed by atoms with E-state index in [4.69, 9.17) is 16.3 Å². The third-order valence-electron chi connectivity index (χ3n) is 3.19. The zero-order valence-electron chi connectivity index (χ0n) is 9.95. The van der Waals surface area contributed by atoms with Gasteiger partial charge in [-0.05, 0) is 6.07 Å². The molecule has 2 aromatic heterocycles. The Hall–Kier alpha value is -1.60. The first-order valence-corrected chi connectivity index (χ1v) is 6.13. The Labute approximate surface area is 116 Å². The summed E-state index contributed by atoms with van der Waals surface area (Å²) in [4.78, 5) is 15.4. The molecule has 1 aliphatic heterocycles. The van der Waals surface area contributed by atoms with Crippen LogP contribution in [0, 0.1) is 5.82 Å². The monoisotopic (exact) mass is 304 g/mol. The Balaban J connectivity index is 2.24. The normalized spacial score (nSPS) is 15.8. The Morgan fingerprint density at radius 2 is 2.20 bits per heavy atom. The van der Waals surface area contributed by atoms with E-state index in [-0.39, 0.29) is 27.8 Å². The number of nitrogens with zero attached hydrogens (tertiary/aromatic N) is 2. The third kappa shape index (κ3) is 1.97. The second-order valence-electron chi connectivity index (χ2n) is 4.44. The Bertz CT molecular complexity index is 698. The Morgan fingerprint density at radius 3 is 2.75 bits per heavy atom. The van der Waals surface area contributed by atoms with E-state index in [9.17, 15) is 18.0 Å². The highest BCUT2D eigenvalue weighted by atomic mass is 35.5. The highest BCUT2D eigenvalue weighted by Crippen LogP contribution is 2.30. The predicted molar refractivity (Wildman–Crippen MR) is 64.9 cm³/mol. The van der Waals surface area contributed by atoms with Gasteiger partial charge in [-0.15, -0.1) is 0 Å². The lowest BCUT2D eigenvalue weighted by molar-refractivity contribution is -0.0216. The largest absolute Gasteiger partial charge is 0.377 e. The second-order valence-corrected chi connectivity index (χ2v) is 4.80.